The van der Waals surface area contributed by atoms with Gasteiger partial charge in [-0.05, 0) is 58.1 Å². The maximum atomic E-state index is 5.54. The third-order valence-electron chi connectivity index (χ3n) is 0.478. The summed E-state index contributed by atoms with van der Waals surface area (Å²) in [5.74, 6) is 0. The SMILES string of the molecule is I.I.NCCC(N)(I)I. The van der Waals surface area contributed by atoms with Crippen LogP contribution in [0.4, 0.5) is 0 Å². The van der Waals surface area contributed by atoms with Crippen molar-refractivity contribution in [2.45, 2.75) is 7.97 Å². The number of halogens is 4. The molecule has 0 unspecified atom stereocenters. The monoisotopic (exact) mass is 582 g/mol. The number of nitrogens with two attached hydrogens (primary N) is 2. The zero-order valence-electron chi connectivity index (χ0n) is 4.64. The van der Waals surface area contributed by atoms with Gasteiger partial charge in [0.25, 0.3) is 0 Å². The minimum atomic E-state index is -0.135. The summed E-state index contributed by atoms with van der Waals surface area (Å²) in [4.78, 5) is 0. The highest BCUT2D eigenvalue weighted by atomic mass is 127. The molecule has 9 heavy (non-hydrogen) atoms. The minimum absolute atomic E-state index is 0. The lowest BCUT2D eigenvalue weighted by Gasteiger charge is -2.10. The van der Waals surface area contributed by atoms with Gasteiger partial charge in [-0.15, -0.1) is 48.0 Å². The van der Waals surface area contributed by atoms with Crippen LogP contribution in [0.15, 0.2) is 0 Å². The summed E-state index contributed by atoms with van der Waals surface area (Å²) in [6.45, 7) is 0.669. The molecule has 0 aromatic rings. The molecule has 0 spiro atoms. The Kier molecular flexibility index (Phi) is 17.7. The van der Waals surface area contributed by atoms with Gasteiger partial charge in [-0.25, -0.2) is 0 Å². The summed E-state index contributed by atoms with van der Waals surface area (Å²) < 4.78 is -0.135. The van der Waals surface area contributed by atoms with Gasteiger partial charge < -0.3 is 11.5 Å². The van der Waals surface area contributed by atoms with Crippen molar-refractivity contribution in [2.75, 3.05) is 6.54 Å². The average molecular weight is 582 g/mol. The fourth-order valence-electron chi connectivity index (χ4n) is 0.192. The van der Waals surface area contributed by atoms with Gasteiger partial charge in [-0.1, -0.05) is 0 Å². The Morgan fingerprint density at radius 2 is 1.56 bits per heavy atom. The lowest BCUT2D eigenvalue weighted by molar-refractivity contribution is 0.802. The number of hydrogen-bond acceptors (Lipinski definition) is 2. The normalized spacial score (nSPS) is 9.33. The maximum Gasteiger partial charge on any atom is 0.121 e. The summed E-state index contributed by atoms with van der Waals surface area (Å²) in [6.07, 6.45) is 0.869. The maximum absolute atomic E-state index is 5.54. The Balaban J connectivity index is -0.000000180. The first-order valence-electron chi connectivity index (χ1n) is 1.93. The van der Waals surface area contributed by atoms with Crippen LogP contribution in [-0.2, 0) is 0 Å². The molecule has 0 atom stereocenters. The molecule has 0 fully saturated rings. The second-order valence-corrected chi connectivity index (χ2v) is 7.21. The van der Waals surface area contributed by atoms with Crippen LogP contribution in [0.2, 0.25) is 0 Å². The van der Waals surface area contributed by atoms with E-state index in [0.717, 1.165) is 6.42 Å². The zero-order valence-corrected chi connectivity index (χ0v) is 13.6. The largest absolute Gasteiger partial charge is 0.330 e. The van der Waals surface area contributed by atoms with Gasteiger partial charge >= 0.3 is 0 Å². The number of alkyl halides is 2. The van der Waals surface area contributed by atoms with E-state index in [1.165, 1.54) is 0 Å². The van der Waals surface area contributed by atoms with Crippen molar-refractivity contribution < 1.29 is 0 Å². The zero-order chi connectivity index (χ0) is 5.91. The molecule has 0 saturated carbocycles. The van der Waals surface area contributed by atoms with Crippen molar-refractivity contribution >= 4 is 93.1 Å². The quantitative estimate of drug-likeness (QED) is 0.298. The first-order valence-corrected chi connectivity index (χ1v) is 4.09. The van der Waals surface area contributed by atoms with Gasteiger partial charge in [0.15, 0.2) is 0 Å². The van der Waals surface area contributed by atoms with Crippen LogP contribution in [-0.4, -0.2) is 8.10 Å². The smallest absolute Gasteiger partial charge is 0.121 e. The van der Waals surface area contributed by atoms with E-state index in [1.807, 2.05) is 0 Å². The van der Waals surface area contributed by atoms with Crippen LogP contribution in [0.3, 0.4) is 0 Å². The average Bonchev–Trinajstić information content (AvgIpc) is 1.30. The highest BCUT2D eigenvalue weighted by molar-refractivity contribution is 14.2. The summed E-state index contributed by atoms with van der Waals surface area (Å²) in [7, 11) is 0. The van der Waals surface area contributed by atoms with Crippen LogP contribution >= 0.6 is 93.1 Å². The predicted molar refractivity (Wildman–Crippen MR) is 79.5 cm³/mol. The van der Waals surface area contributed by atoms with Crippen LogP contribution in [0.25, 0.3) is 0 Å². The van der Waals surface area contributed by atoms with Crippen LogP contribution < -0.4 is 11.5 Å². The van der Waals surface area contributed by atoms with Gasteiger partial charge in [0.1, 0.15) is 1.55 Å². The van der Waals surface area contributed by atoms with Gasteiger partial charge in [0, 0.05) is 0 Å². The van der Waals surface area contributed by atoms with E-state index in [2.05, 4.69) is 45.2 Å². The van der Waals surface area contributed by atoms with Crippen LogP contribution in [0.1, 0.15) is 6.42 Å². The van der Waals surface area contributed by atoms with E-state index >= 15 is 0 Å². The minimum Gasteiger partial charge on any atom is -0.330 e. The standard InChI is InChI=1S/C3H8I2N2.2HI/c4-3(5,7)1-2-6;;/h1-2,6-7H2;2*1H. The lowest BCUT2D eigenvalue weighted by atomic mass is 10.4. The van der Waals surface area contributed by atoms with Gasteiger partial charge in [0.2, 0.25) is 0 Å². The highest BCUT2D eigenvalue weighted by Crippen LogP contribution is 2.22. The van der Waals surface area contributed by atoms with Crippen molar-refractivity contribution in [2.24, 2.45) is 11.5 Å². The molecule has 6 heteroatoms. The molecule has 0 amide bonds. The predicted octanol–water partition coefficient (Wildman–Crippen LogP) is 2.05. The van der Waals surface area contributed by atoms with E-state index in [0.29, 0.717) is 6.54 Å². The molecule has 2 nitrogen and oxygen atoms in total. The Hall–Kier alpha value is 2.84. The fraction of sp³-hybridized carbons (Fsp3) is 1.00. The molecular weight excluding hydrogens is 572 g/mol. The highest BCUT2D eigenvalue weighted by Gasteiger charge is 2.11. The summed E-state index contributed by atoms with van der Waals surface area (Å²) >= 11 is 4.32. The molecule has 60 valence electrons. The van der Waals surface area contributed by atoms with E-state index < -0.39 is 0 Å². The van der Waals surface area contributed by atoms with Crippen molar-refractivity contribution in [1.82, 2.24) is 0 Å². The molecule has 0 heterocycles. The number of hydrogen-bond donors (Lipinski definition) is 2. The first kappa shape index (κ1) is 17.8. The third-order valence-corrected chi connectivity index (χ3v) is 1.56. The third kappa shape index (κ3) is 18.1. The Bertz CT molecular complexity index is 52.3. The molecule has 4 N–H and O–H groups in total. The molecule has 0 aromatic heterocycles. The second kappa shape index (κ2) is 8.93. The molecule has 0 bridgehead atoms. The van der Waals surface area contributed by atoms with Crippen molar-refractivity contribution in [1.29, 1.82) is 0 Å². The van der Waals surface area contributed by atoms with Crippen molar-refractivity contribution in [3.8, 4) is 0 Å². The topological polar surface area (TPSA) is 52.0 Å². The molecular formula is C3H10I4N2. The van der Waals surface area contributed by atoms with E-state index in [9.17, 15) is 0 Å². The van der Waals surface area contributed by atoms with E-state index in [-0.39, 0.29) is 49.5 Å². The molecule has 0 aromatic carbocycles. The van der Waals surface area contributed by atoms with Crippen molar-refractivity contribution in [3.63, 3.8) is 0 Å². The van der Waals surface area contributed by atoms with Gasteiger partial charge in [-0.2, -0.15) is 0 Å². The summed E-state index contributed by atoms with van der Waals surface area (Å²) in [5, 5.41) is 0. The molecule has 0 saturated heterocycles. The molecule has 0 aliphatic heterocycles. The first-order chi connectivity index (χ1) is 3.06. The molecule has 0 aliphatic carbocycles. The van der Waals surface area contributed by atoms with Gasteiger partial charge in [-0.3, -0.25) is 0 Å². The van der Waals surface area contributed by atoms with Crippen LogP contribution in [0, 0.1) is 0 Å². The van der Waals surface area contributed by atoms with Crippen molar-refractivity contribution in [3.05, 3.63) is 0 Å². The fourth-order valence-corrected chi connectivity index (χ4v) is 0.815. The second-order valence-electron chi connectivity index (χ2n) is 1.30. The molecule has 0 aliphatic rings. The van der Waals surface area contributed by atoms with Crippen LogP contribution in [0.5, 0.6) is 0 Å². The Labute approximate surface area is 117 Å². The molecule has 0 radical (unpaired) electrons. The Morgan fingerprint density at radius 3 is 1.56 bits per heavy atom. The molecule has 0 rings (SSSR count). The van der Waals surface area contributed by atoms with E-state index in [1.54, 1.807) is 0 Å². The van der Waals surface area contributed by atoms with E-state index in [4.69, 9.17) is 11.5 Å². The summed E-state index contributed by atoms with van der Waals surface area (Å²) in [5.41, 5.74) is 10.8. The number of rotatable bonds is 2. The summed E-state index contributed by atoms with van der Waals surface area (Å²) in [6, 6.07) is 0. The lowest BCUT2D eigenvalue weighted by Crippen LogP contribution is -2.26. The van der Waals surface area contributed by atoms with Gasteiger partial charge in [0.05, 0.1) is 0 Å². The Morgan fingerprint density at radius 1 is 1.22 bits per heavy atom.